The average Bonchev–Trinajstić information content (AvgIpc) is 3.18. The molecule has 11 heteroatoms. The number of rotatable bonds is 4. The van der Waals surface area contributed by atoms with Crippen LogP contribution >= 0.6 is 11.6 Å². The van der Waals surface area contributed by atoms with Crippen molar-refractivity contribution >= 4 is 29.0 Å². The lowest BCUT2D eigenvalue weighted by atomic mass is 9.92. The van der Waals surface area contributed by atoms with Crippen LogP contribution in [0.3, 0.4) is 0 Å². The second kappa shape index (κ2) is 7.12. The smallest absolute Gasteiger partial charge is 0.314 e. The van der Waals surface area contributed by atoms with Gasteiger partial charge in [0.1, 0.15) is 5.02 Å². The molecule has 10 nitrogen and oxygen atoms in total. The number of fused-ring (bicyclic) bond motifs is 1. The fourth-order valence-electron chi connectivity index (χ4n) is 2.70. The van der Waals surface area contributed by atoms with Crippen molar-refractivity contribution in [1.29, 1.82) is 0 Å². The zero-order chi connectivity index (χ0) is 20.6. The van der Waals surface area contributed by atoms with Gasteiger partial charge in [-0.05, 0) is 6.07 Å². The first-order valence-electron chi connectivity index (χ1n) is 8.50. The molecule has 3 rings (SSSR count). The number of nitrogens with zero attached hydrogens (tertiary/aromatic N) is 4. The molecule has 2 aromatic heterocycles. The predicted molar refractivity (Wildman–Crippen MR) is 104 cm³/mol. The van der Waals surface area contributed by atoms with Gasteiger partial charge in [-0.25, -0.2) is 4.79 Å². The highest BCUT2D eigenvalue weighted by atomic mass is 35.5. The van der Waals surface area contributed by atoms with Crippen LogP contribution in [0.4, 0.5) is 10.5 Å². The molecule has 28 heavy (non-hydrogen) atoms. The second-order valence-electron chi connectivity index (χ2n) is 7.26. The summed E-state index contributed by atoms with van der Waals surface area (Å²) in [5.41, 5.74) is 1.75. The van der Waals surface area contributed by atoms with Crippen molar-refractivity contribution in [2.75, 3.05) is 7.05 Å². The van der Waals surface area contributed by atoms with Crippen LogP contribution in [0.1, 0.15) is 32.0 Å². The molecule has 1 aromatic carbocycles. The Hall–Kier alpha value is -3.14. The van der Waals surface area contributed by atoms with Crippen LogP contribution in [-0.2, 0) is 12.0 Å². The Labute approximate surface area is 165 Å². The summed E-state index contributed by atoms with van der Waals surface area (Å²) in [4.78, 5) is 25.4. The monoisotopic (exact) mass is 405 g/mol. The Balaban J connectivity index is 1.98. The van der Waals surface area contributed by atoms with E-state index in [0.29, 0.717) is 33.3 Å². The van der Waals surface area contributed by atoms with Crippen LogP contribution in [0.15, 0.2) is 18.2 Å². The number of H-pyrrole nitrogens is 1. The summed E-state index contributed by atoms with van der Waals surface area (Å²) in [5.74, 6) is 0.402. The predicted octanol–water partition coefficient (Wildman–Crippen LogP) is 3.01. The molecule has 0 aliphatic carbocycles. The topological polar surface area (TPSA) is 130 Å². The number of carbonyl (C=O) groups is 1. The second-order valence-corrected chi connectivity index (χ2v) is 7.64. The first-order valence-corrected chi connectivity index (χ1v) is 8.88. The standard InChI is InChI=1S/C17H20ClN7O3/c1-17(2,3)13-12(18)15-21-14(23-24(15)22-13)9-5-6-10(8-20-16(26)19-4)11(7-9)25(27)28/h5-7H,8H2,1-4H3,(H,21,23)(H2,19,20,26). The zero-order valence-electron chi connectivity index (χ0n) is 15.8. The van der Waals surface area contributed by atoms with Crippen LogP contribution in [0, 0.1) is 10.1 Å². The van der Waals surface area contributed by atoms with E-state index in [9.17, 15) is 14.9 Å². The lowest BCUT2D eigenvalue weighted by Gasteiger charge is -2.14. The molecule has 2 heterocycles. The summed E-state index contributed by atoms with van der Waals surface area (Å²) in [6.07, 6.45) is 0. The summed E-state index contributed by atoms with van der Waals surface area (Å²) in [6.45, 7) is 6.02. The summed E-state index contributed by atoms with van der Waals surface area (Å²) in [6, 6.07) is 4.24. The van der Waals surface area contributed by atoms with Gasteiger partial charge in [0.15, 0.2) is 11.5 Å². The fourth-order valence-corrected chi connectivity index (χ4v) is 3.15. The number of hydrogen-bond acceptors (Lipinski definition) is 5. The molecule has 0 radical (unpaired) electrons. The van der Waals surface area contributed by atoms with Crippen molar-refractivity contribution < 1.29 is 9.72 Å². The van der Waals surface area contributed by atoms with Gasteiger partial charge in [0.25, 0.3) is 5.69 Å². The number of urea groups is 1. The van der Waals surface area contributed by atoms with Crippen molar-refractivity contribution in [2.45, 2.75) is 32.7 Å². The molecule has 0 fully saturated rings. The molecule has 0 aliphatic rings. The third-order valence-corrected chi connectivity index (χ3v) is 4.53. The minimum absolute atomic E-state index is 0.0263. The van der Waals surface area contributed by atoms with Gasteiger partial charge in [0.05, 0.1) is 17.2 Å². The van der Waals surface area contributed by atoms with Gasteiger partial charge < -0.3 is 15.6 Å². The first-order chi connectivity index (χ1) is 13.1. The molecule has 0 unspecified atom stereocenters. The van der Waals surface area contributed by atoms with Gasteiger partial charge in [0, 0.05) is 29.7 Å². The van der Waals surface area contributed by atoms with E-state index in [1.54, 1.807) is 12.1 Å². The van der Waals surface area contributed by atoms with E-state index in [1.807, 2.05) is 20.8 Å². The molecular formula is C17H20ClN7O3. The van der Waals surface area contributed by atoms with Crippen LogP contribution in [0.2, 0.25) is 5.02 Å². The highest BCUT2D eigenvalue weighted by Crippen LogP contribution is 2.32. The molecule has 2 amide bonds. The third kappa shape index (κ3) is 3.63. The molecule has 0 spiro atoms. The van der Waals surface area contributed by atoms with E-state index in [-0.39, 0.29) is 17.6 Å². The van der Waals surface area contributed by atoms with Crippen LogP contribution < -0.4 is 10.6 Å². The largest absolute Gasteiger partial charge is 0.341 e. The molecule has 3 aromatic rings. The van der Waals surface area contributed by atoms with Gasteiger partial charge in [-0.3, -0.25) is 10.1 Å². The number of aromatic nitrogens is 4. The summed E-state index contributed by atoms with van der Waals surface area (Å²) in [7, 11) is 1.47. The number of benzene rings is 1. The Bertz CT molecular complexity index is 1060. The Morgan fingerprint density at radius 1 is 1.36 bits per heavy atom. The van der Waals surface area contributed by atoms with E-state index in [2.05, 4.69) is 25.8 Å². The Kier molecular flexibility index (Phi) is 4.99. The van der Waals surface area contributed by atoms with Crippen LogP contribution in [0.5, 0.6) is 0 Å². The first kappa shape index (κ1) is 19.6. The minimum atomic E-state index is -0.497. The lowest BCUT2D eigenvalue weighted by Crippen LogP contribution is -2.32. The average molecular weight is 406 g/mol. The highest BCUT2D eigenvalue weighted by Gasteiger charge is 2.25. The van der Waals surface area contributed by atoms with Gasteiger partial charge in [-0.1, -0.05) is 38.4 Å². The van der Waals surface area contributed by atoms with Gasteiger partial charge in [-0.2, -0.15) is 5.10 Å². The number of amides is 2. The van der Waals surface area contributed by atoms with E-state index in [1.165, 1.54) is 17.7 Å². The van der Waals surface area contributed by atoms with Crippen LogP contribution in [0.25, 0.3) is 17.0 Å². The number of nitro groups is 1. The third-order valence-electron chi connectivity index (χ3n) is 4.17. The van der Waals surface area contributed by atoms with Crippen molar-refractivity contribution in [2.24, 2.45) is 0 Å². The quantitative estimate of drug-likeness (QED) is 0.453. The molecular weight excluding hydrogens is 386 g/mol. The molecule has 0 bridgehead atoms. The fraction of sp³-hybridized carbons (Fsp3) is 0.353. The van der Waals surface area contributed by atoms with E-state index in [4.69, 9.17) is 11.6 Å². The number of aromatic amines is 1. The summed E-state index contributed by atoms with van der Waals surface area (Å²) < 4.78 is 1.39. The minimum Gasteiger partial charge on any atom is -0.341 e. The summed E-state index contributed by atoms with van der Waals surface area (Å²) >= 11 is 6.43. The maximum absolute atomic E-state index is 11.5. The van der Waals surface area contributed by atoms with Crippen molar-refractivity contribution in [3.63, 3.8) is 0 Å². The van der Waals surface area contributed by atoms with E-state index < -0.39 is 11.0 Å². The Morgan fingerprint density at radius 3 is 2.64 bits per heavy atom. The number of carbonyl (C=O) groups excluding carboxylic acids is 1. The summed E-state index contributed by atoms with van der Waals surface area (Å²) in [5, 5.41) is 25.6. The lowest BCUT2D eigenvalue weighted by molar-refractivity contribution is -0.385. The Morgan fingerprint density at radius 2 is 2.07 bits per heavy atom. The van der Waals surface area contributed by atoms with Crippen molar-refractivity contribution in [1.82, 2.24) is 30.4 Å². The molecule has 148 valence electrons. The SMILES string of the molecule is CNC(=O)NCc1ccc(-c2nn3nc(C(C)(C)C)c(Cl)c3[nH]2)cc1[N+](=O)[O-]. The van der Waals surface area contributed by atoms with E-state index in [0.717, 1.165) is 0 Å². The number of nitrogens with one attached hydrogen (secondary N) is 3. The molecule has 0 aliphatic heterocycles. The molecule has 3 N–H and O–H groups in total. The maximum Gasteiger partial charge on any atom is 0.314 e. The van der Waals surface area contributed by atoms with Gasteiger partial charge >= 0.3 is 6.03 Å². The number of nitro benzene ring substituents is 1. The highest BCUT2D eigenvalue weighted by molar-refractivity contribution is 6.34. The number of halogens is 1. The van der Waals surface area contributed by atoms with Gasteiger partial charge in [0.2, 0.25) is 0 Å². The number of hydrogen-bond donors (Lipinski definition) is 3. The molecule has 0 saturated heterocycles. The maximum atomic E-state index is 11.5. The van der Waals surface area contributed by atoms with Crippen molar-refractivity contribution in [3.05, 3.63) is 44.6 Å². The van der Waals surface area contributed by atoms with E-state index >= 15 is 0 Å². The van der Waals surface area contributed by atoms with Crippen molar-refractivity contribution in [3.8, 4) is 11.4 Å². The zero-order valence-corrected chi connectivity index (χ0v) is 16.6. The van der Waals surface area contributed by atoms with Gasteiger partial charge in [-0.15, -0.1) is 9.73 Å². The normalized spacial score (nSPS) is 11.6. The molecule has 0 atom stereocenters. The molecule has 0 saturated carbocycles. The van der Waals surface area contributed by atoms with Crippen LogP contribution in [-0.4, -0.2) is 37.8 Å².